The lowest BCUT2D eigenvalue weighted by Crippen LogP contribution is -2.54. The summed E-state index contributed by atoms with van der Waals surface area (Å²) in [6, 6.07) is 17.6. The number of likely N-dealkylation sites (tertiary alicyclic amines) is 1. The first-order valence-electron chi connectivity index (χ1n) is 10.2. The molecule has 0 unspecified atom stereocenters. The first-order chi connectivity index (χ1) is 14.1. The third-order valence-electron chi connectivity index (χ3n) is 5.67. The van der Waals surface area contributed by atoms with Crippen molar-refractivity contribution >= 4 is 17.7 Å². The molecule has 2 heterocycles. The van der Waals surface area contributed by atoms with E-state index in [-0.39, 0.29) is 5.91 Å². The minimum Gasteiger partial charge on any atom is -0.335 e. The Bertz CT molecular complexity index is 881. The van der Waals surface area contributed by atoms with Gasteiger partial charge in [-0.15, -0.1) is 0 Å². The number of carbonyl (C=O) groups excluding carboxylic acids is 3. The highest BCUT2D eigenvalue weighted by Gasteiger charge is 2.31. The first kappa shape index (κ1) is 19.2. The highest BCUT2D eigenvalue weighted by molar-refractivity contribution is 6.35. The predicted molar refractivity (Wildman–Crippen MR) is 110 cm³/mol. The Morgan fingerprint density at radius 2 is 1.03 bits per heavy atom. The summed E-state index contributed by atoms with van der Waals surface area (Å²) in [5.41, 5.74) is 2.82. The molecule has 2 aromatic rings. The smallest absolute Gasteiger partial charge is 0.312 e. The molecular formula is C23H25N3O3. The lowest BCUT2D eigenvalue weighted by molar-refractivity contribution is -0.152. The third-order valence-corrected chi connectivity index (χ3v) is 5.67. The minimum absolute atomic E-state index is 0.0393. The van der Waals surface area contributed by atoms with Gasteiger partial charge in [-0.25, -0.2) is 0 Å². The monoisotopic (exact) mass is 391 g/mol. The third kappa shape index (κ3) is 4.16. The maximum atomic E-state index is 12.8. The second-order valence-electron chi connectivity index (χ2n) is 7.53. The molecular weight excluding hydrogens is 366 g/mol. The molecule has 2 aliphatic rings. The fourth-order valence-electron chi connectivity index (χ4n) is 3.92. The first-order valence-corrected chi connectivity index (χ1v) is 10.2. The van der Waals surface area contributed by atoms with Gasteiger partial charge in [-0.05, 0) is 36.1 Å². The van der Waals surface area contributed by atoms with Gasteiger partial charge in [0.25, 0.3) is 5.91 Å². The van der Waals surface area contributed by atoms with E-state index in [4.69, 9.17) is 0 Å². The molecule has 0 N–H and O–H groups in total. The number of piperazine rings is 1. The van der Waals surface area contributed by atoms with Crippen LogP contribution in [-0.2, 0) is 9.59 Å². The van der Waals surface area contributed by atoms with Crippen LogP contribution in [0.5, 0.6) is 0 Å². The molecule has 2 saturated heterocycles. The molecule has 0 saturated carbocycles. The van der Waals surface area contributed by atoms with Crippen molar-refractivity contribution in [3.8, 4) is 11.1 Å². The summed E-state index contributed by atoms with van der Waals surface area (Å²) in [4.78, 5) is 42.5. The van der Waals surface area contributed by atoms with Crippen molar-refractivity contribution in [2.24, 2.45) is 0 Å². The molecule has 2 fully saturated rings. The van der Waals surface area contributed by atoms with Crippen LogP contribution in [-0.4, -0.2) is 71.7 Å². The average Bonchev–Trinajstić information content (AvgIpc) is 3.33. The van der Waals surface area contributed by atoms with Crippen molar-refractivity contribution in [3.05, 3.63) is 60.2 Å². The lowest BCUT2D eigenvalue weighted by atomic mass is 10.0. The minimum atomic E-state index is -0.439. The van der Waals surface area contributed by atoms with Crippen molar-refractivity contribution < 1.29 is 14.4 Å². The lowest BCUT2D eigenvalue weighted by Gasteiger charge is -2.35. The molecule has 0 spiro atoms. The summed E-state index contributed by atoms with van der Waals surface area (Å²) >= 11 is 0. The van der Waals surface area contributed by atoms with Gasteiger partial charge in [0.05, 0.1) is 0 Å². The highest BCUT2D eigenvalue weighted by Crippen LogP contribution is 2.20. The van der Waals surface area contributed by atoms with Crippen LogP contribution in [0.4, 0.5) is 0 Å². The van der Waals surface area contributed by atoms with Gasteiger partial charge >= 0.3 is 11.8 Å². The van der Waals surface area contributed by atoms with Gasteiger partial charge in [0.1, 0.15) is 0 Å². The number of hydrogen-bond donors (Lipinski definition) is 0. The Morgan fingerprint density at radius 1 is 0.552 bits per heavy atom. The number of rotatable bonds is 2. The molecule has 150 valence electrons. The van der Waals surface area contributed by atoms with Gasteiger partial charge in [0, 0.05) is 44.8 Å². The molecule has 6 nitrogen and oxygen atoms in total. The molecule has 2 aliphatic heterocycles. The van der Waals surface area contributed by atoms with Crippen molar-refractivity contribution in [3.63, 3.8) is 0 Å². The molecule has 0 aromatic heterocycles. The van der Waals surface area contributed by atoms with E-state index in [1.807, 2.05) is 54.6 Å². The second-order valence-corrected chi connectivity index (χ2v) is 7.53. The summed E-state index contributed by atoms with van der Waals surface area (Å²) in [5.74, 6) is -0.882. The van der Waals surface area contributed by atoms with Crippen LogP contribution in [0.2, 0.25) is 0 Å². The fourth-order valence-corrected chi connectivity index (χ4v) is 3.92. The highest BCUT2D eigenvalue weighted by atomic mass is 16.2. The zero-order valence-corrected chi connectivity index (χ0v) is 16.4. The SMILES string of the molecule is O=C(C(=O)N1CCN(C(=O)c2ccc(-c3ccccc3)cc2)CC1)N1CCCC1. The fraction of sp³-hybridized carbons (Fsp3) is 0.348. The number of benzene rings is 2. The number of nitrogens with zero attached hydrogens (tertiary/aromatic N) is 3. The topological polar surface area (TPSA) is 60.9 Å². The zero-order valence-electron chi connectivity index (χ0n) is 16.4. The second kappa shape index (κ2) is 8.47. The van der Waals surface area contributed by atoms with Crippen LogP contribution in [0.3, 0.4) is 0 Å². The van der Waals surface area contributed by atoms with Crippen LogP contribution in [0.25, 0.3) is 11.1 Å². The zero-order chi connectivity index (χ0) is 20.2. The standard InChI is InChI=1S/C23H25N3O3/c27-21(20-10-8-19(9-11-20)18-6-2-1-3-7-18)25-14-16-26(17-15-25)23(29)22(28)24-12-4-5-13-24/h1-3,6-11H,4-5,12-17H2. The predicted octanol–water partition coefficient (Wildman–Crippen LogP) is 2.26. The van der Waals surface area contributed by atoms with Crippen LogP contribution in [0.1, 0.15) is 23.2 Å². The van der Waals surface area contributed by atoms with E-state index < -0.39 is 11.8 Å². The summed E-state index contributed by atoms with van der Waals surface area (Å²) in [6.07, 6.45) is 1.93. The Kier molecular flexibility index (Phi) is 5.60. The Labute approximate surface area is 170 Å². The molecule has 0 aliphatic carbocycles. The largest absolute Gasteiger partial charge is 0.335 e. The summed E-state index contributed by atoms with van der Waals surface area (Å²) in [7, 11) is 0. The summed E-state index contributed by atoms with van der Waals surface area (Å²) in [6.45, 7) is 3.01. The van der Waals surface area contributed by atoms with Crippen molar-refractivity contribution in [1.82, 2.24) is 14.7 Å². The molecule has 6 heteroatoms. The summed E-state index contributed by atoms with van der Waals surface area (Å²) < 4.78 is 0. The van der Waals surface area contributed by atoms with Gasteiger partial charge in [0.2, 0.25) is 0 Å². The van der Waals surface area contributed by atoms with Gasteiger partial charge in [-0.1, -0.05) is 42.5 Å². The van der Waals surface area contributed by atoms with E-state index >= 15 is 0 Å². The van der Waals surface area contributed by atoms with Crippen molar-refractivity contribution in [2.75, 3.05) is 39.3 Å². The van der Waals surface area contributed by atoms with Crippen LogP contribution < -0.4 is 0 Å². The van der Waals surface area contributed by atoms with E-state index in [0.717, 1.165) is 24.0 Å². The molecule has 0 radical (unpaired) electrons. The quantitative estimate of drug-likeness (QED) is 0.738. The maximum absolute atomic E-state index is 12.8. The number of carbonyl (C=O) groups is 3. The van der Waals surface area contributed by atoms with Crippen LogP contribution in [0, 0.1) is 0 Å². The van der Waals surface area contributed by atoms with Gasteiger partial charge in [-0.2, -0.15) is 0 Å². The Hall–Kier alpha value is -3.15. The molecule has 3 amide bonds. The van der Waals surface area contributed by atoms with Gasteiger partial charge < -0.3 is 14.7 Å². The summed E-state index contributed by atoms with van der Waals surface area (Å²) in [5, 5.41) is 0. The average molecular weight is 391 g/mol. The van der Waals surface area contributed by atoms with Crippen LogP contribution in [0.15, 0.2) is 54.6 Å². The van der Waals surface area contributed by atoms with E-state index in [0.29, 0.717) is 44.8 Å². The number of amides is 3. The Morgan fingerprint density at radius 3 is 1.62 bits per heavy atom. The number of hydrogen-bond acceptors (Lipinski definition) is 3. The normalized spacial score (nSPS) is 16.8. The Balaban J connectivity index is 1.34. The molecule has 2 aromatic carbocycles. The van der Waals surface area contributed by atoms with Crippen molar-refractivity contribution in [1.29, 1.82) is 0 Å². The molecule has 0 bridgehead atoms. The van der Waals surface area contributed by atoms with E-state index in [2.05, 4.69) is 0 Å². The molecule has 29 heavy (non-hydrogen) atoms. The maximum Gasteiger partial charge on any atom is 0.312 e. The van der Waals surface area contributed by atoms with Gasteiger partial charge in [0.15, 0.2) is 0 Å². The van der Waals surface area contributed by atoms with Gasteiger partial charge in [-0.3, -0.25) is 14.4 Å². The van der Waals surface area contributed by atoms with Crippen LogP contribution >= 0.6 is 0 Å². The van der Waals surface area contributed by atoms with E-state index in [1.54, 1.807) is 14.7 Å². The van der Waals surface area contributed by atoms with E-state index in [1.165, 1.54) is 0 Å². The van der Waals surface area contributed by atoms with E-state index in [9.17, 15) is 14.4 Å². The van der Waals surface area contributed by atoms with Crippen molar-refractivity contribution in [2.45, 2.75) is 12.8 Å². The molecule has 4 rings (SSSR count). The molecule has 0 atom stereocenters.